The summed E-state index contributed by atoms with van der Waals surface area (Å²) in [4.78, 5) is 27.7. The SMILES string of the molecule is O=C(O)Cc1ccc(N=C2NC(=O)/C(=C\c3ccc(Cl)c(Cl)c3)S2)cc1. The second-order valence-corrected chi connectivity index (χ2v) is 7.24. The molecule has 8 heteroatoms. The van der Waals surface area contributed by atoms with Crippen LogP contribution < -0.4 is 5.32 Å². The van der Waals surface area contributed by atoms with E-state index in [4.69, 9.17) is 28.3 Å². The van der Waals surface area contributed by atoms with E-state index in [1.807, 2.05) is 0 Å². The monoisotopic (exact) mass is 406 g/mol. The van der Waals surface area contributed by atoms with Crippen LogP contribution in [0.5, 0.6) is 0 Å². The van der Waals surface area contributed by atoms with Gasteiger partial charge in [-0.3, -0.25) is 9.59 Å². The highest BCUT2D eigenvalue weighted by Crippen LogP contribution is 2.30. The van der Waals surface area contributed by atoms with Crippen LogP contribution in [0.15, 0.2) is 52.4 Å². The van der Waals surface area contributed by atoms with Gasteiger partial charge in [0.2, 0.25) is 0 Å². The number of carboxylic acids is 1. The van der Waals surface area contributed by atoms with Gasteiger partial charge in [-0.25, -0.2) is 4.99 Å². The summed E-state index contributed by atoms with van der Waals surface area (Å²) in [5.41, 5.74) is 2.07. The van der Waals surface area contributed by atoms with E-state index in [9.17, 15) is 9.59 Å². The number of nitrogens with one attached hydrogen (secondary N) is 1. The molecule has 2 aromatic carbocycles. The van der Waals surface area contributed by atoms with Crippen molar-refractivity contribution in [2.24, 2.45) is 4.99 Å². The first-order chi connectivity index (χ1) is 12.4. The number of hydrogen-bond acceptors (Lipinski definition) is 4. The summed E-state index contributed by atoms with van der Waals surface area (Å²) in [6.45, 7) is 0. The number of benzene rings is 2. The molecule has 2 aromatic rings. The predicted octanol–water partition coefficient (Wildman–Crippen LogP) is 4.51. The number of rotatable bonds is 4. The summed E-state index contributed by atoms with van der Waals surface area (Å²) in [5, 5.41) is 12.8. The van der Waals surface area contributed by atoms with Crippen molar-refractivity contribution in [2.45, 2.75) is 6.42 Å². The molecular formula is C18H12Cl2N2O3S. The molecule has 0 spiro atoms. The zero-order valence-corrected chi connectivity index (χ0v) is 15.5. The van der Waals surface area contributed by atoms with Gasteiger partial charge in [0, 0.05) is 0 Å². The van der Waals surface area contributed by atoms with Crippen molar-refractivity contribution in [2.75, 3.05) is 0 Å². The molecule has 0 saturated carbocycles. The van der Waals surface area contributed by atoms with Crippen LogP contribution in [-0.2, 0) is 16.0 Å². The number of carbonyl (C=O) groups is 2. The molecule has 1 heterocycles. The first kappa shape index (κ1) is 18.5. The van der Waals surface area contributed by atoms with Gasteiger partial charge in [-0.2, -0.15) is 0 Å². The van der Waals surface area contributed by atoms with E-state index in [2.05, 4.69) is 10.3 Å². The molecule has 0 unspecified atom stereocenters. The predicted molar refractivity (Wildman–Crippen MR) is 105 cm³/mol. The van der Waals surface area contributed by atoms with E-state index in [1.165, 1.54) is 11.8 Å². The molecule has 3 rings (SSSR count). The number of halogens is 2. The number of amides is 1. The van der Waals surface area contributed by atoms with E-state index in [0.717, 1.165) is 5.56 Å². The number of amidine groups is 1. The Labute approximate surface area is 163 Å². The first-order valence-electron chi connectivity index (χ1n) is 7.46. The highest BCUT2D eigenvalue weighted by Gasteiger charge is 2.23. The minimum atomic E-state index is -0.889. The number of nitrogens with zero attached hydrogens (tertiary/aromatic N) is 1. The van der Waals surface area contributed by atoms with Crippen LogP contribution in [0.2, 0.25) is 10.0 Å². The van der Waals surface area contributed by atoms with Gasteiger partial charge in [0.1, 0.15) is 0 Å². The lowest BCUT2D eigenvalue weighted by atomic mass is 10.1. The van der Waals surface area contributed by atoms with E-state index in [-0.39, 0.29) is 12.3 Å². The molecular weight excluding hydrogens is 395 g/mol. The molecule has 0 atom stereocenters. The van der Waals surface area contributed by atoms with Crippen LogP contribution in [0.25, 0.3) is 6.08 Å². The van der Waals surface area contributed by atoms with Gasteiger partial charge >= 0.3 is 5.97 Å². The van der Waals surface area contributed by atoms with Crippen molar-refractivity contribution in [1.29, 1.82) is 0 Å². The number of aliphatic carboxylic acids is 1. The maximum Gasteiger partial charge on any atom is 0.307 e. The van der Waals surface area contributed by atoms with E-state index >= 15 is 0 Å². The van der Waals surface area contributed by atoms with Gasteiger partial charge in [-0.15, -0.1) is 0 Å². The molecule has 26 heavy (non-hydrogen) atoms. The summed E-state index contributed by atoms with van der Waals surface area (Å²) in [6.07, 6.45) is 1.67. The van der Waals surface area contributed by atoms with Gasteiger partial charge in [0.15, 0.2) is 5.17 Å². The van der Waals surface area contributed by atoms with Crippen LogP contribution in [0.4, 0.5) is 5.69 Å². The first-order valence-corrected chi connectivity index (χ1v) is 9.03. The second kappa shape index (κ2) is 7.95. The number of hydrogen-bond donors (Lipinski definition) is 2. The molecule has 1 amide bonds. The molecule has 0 radical (unpaired) electrons. The van der Waals surface area contributed by atoms with E-state index < -0.39 is 5.97 Å². The molecule has 2 N–H and O–H groups in total. The topological polar surface area (TPSA) is 78.8 Å². The molecule has 132 valence electrons. The molecule has 1 saturated heterocycles. The van der Waals surface area contributed by atoms with Crippen LogP contribution in [0.1, 0.15) is 11.1 Å². The van der Waals surface area contributed by atoms with Crippen LogP contribution >= 0.6 is 35.0 Å². The fraction of sp³-hybridized carbons (Fsp3) is 0.0556. The molecule has 1 aliphatic heterocycles. The van der Waals surface area contributed by atoms with Gasteiger partial charge in [0.25, 0.3) is 5.91 Å². The zero-order valence-electron chi connectivity index (χ0n) is 13.2. The third-order valence-corrected chi connectivity index (χ3v) is 5.06. The highest BCUT2D eigenvalue weighted by molar-refractivity contribution is 8.18. The van der Waals surface area contributed by atoms with Gasteiger partial charge < -0.3 is 10.4 Å². The lowest BCUT2D eigenvalue weighted by molar-refractivity contribution is -0.136. The third kappa shape index (κ3) is 4.66. The van der Waals surface area contributed by atoms with Crippen molar-refractivity contribution in [1.82, 2.24) is 5.32 Å². The number of thioether (sulfide) groups is 1. The quantitative estimate of drug-likeness (QED) is 0.731. The summed E-state index contributed by atoms with van der Waals surface area (Å²) < 4.78 is 0. The van der Waals surface area contributed by atoms with Crippen LogP contribution in [0.3, 0.4) is 0 Å². The van der Waals surface area contributed by atoms with E-state index in [1.54, 1.807) is 48.5 Å². The molecule has 1 aliphatic rings. The Morgan fingerprint density at radius 3 is 2.54 bits per heavy atom. The number of carboxylic acid groups (broad SMARTS) is 1. The summed E-state index contributed by atoms with van der Waals surface area (Å²) in [7, 11) is 0. The summed E-state index contributed by atoms with van der Waals surface area (Å²) in [6, 6.07) is 11.9. The Kier molecular flexibility index (Phi) is 5.66. The summed E-state index contributed by atoms with van der Waals surface area (Å²) >= 11 is 13.1. The minimum Gasteiger partial charge on any atom is -0.481 e. The van der Waals surface area contributed by atoms with Crippen molar-refractivity contribution in [3.63, 3.8) is 0 Å². The van der Waals surface area contributed by atoms with Crippen molar-refractivity contribution in [3.8, 4) is 0 Å². The largest absolute Gasteiger partial charge is 0.481 e. The maximum atomic E-state index is 12.1. The van der Waals surface area contributed by atoms with Crippen LogP contribution in [0, 0.1) is 0 Å². The zero-order chi connectivity index (χ0) is 18.7. The minimum absolute atomic E-state index is 0.0428. The Hall–Kier alpha value is -2.28. The van der Waals surface area contributed by atoms with E-state index in [0.29, 0.717) is 31.4 Å². The lowest BCUT2D eigenvalue weighted by Gasteiger charge is -1.99. The maximum absolute atomic E-state index is 12.1. The Balaban J connectivity index is 1.76. The van der Waals surface area contributed by atoms with Crippen molar-refractivity contribution in [3.05, 3.63) is 68.5 Å². The molecule has 1 fully saturated rings. The Morgan fingerprint density at radius 1 is 1.15 bits per heavy atom. The fourth-order valence-corrected chi connectivity index (χ4v) is 3.36. The molecule has 5 nitrogen and oxygen atoms in total. The average molecular weight is 407 g/mol. The summed E-state index contributed by atoms with van der Waals surface area (Å²) in [5.74, 6) is -1.14. The normalized spacial score (nSPS) is 16.9. The van der Waals surface area contributed by atoms with Gasteiger partial charge in [0.05, 0.1) is 27.1 Å². The van der Waals surface area contributed by atoms with Crippen molar-refractivity contribution >= 4 is 63.8 Å². The van der Waals surface area contributed by atoms with Crippen LogP contribution in [-0.4, -0.2) is 22.2 Å². The Bertz CT molecular complexity index is 940. The number of aliphatic imine (C=N–C) groups is 1. The standard InChI is InChI=1S/C18H12Cl2N2O3S/c19-13-6-3-11(7-14(13)20)8-15-17(25)22-18(26-15)21-12-4-1-10(2-5-12)9-16(23)24/h1-8H,9H2,(H,23,24)(H,21,22,25)/b15-8+. The smallest absolute Gasteiger partial charge is 0.307 e. The van der Waals surface area contributed by atoms with Crippen molar-refractivity contribution < 1.29 is 14.7 Å². The lowest BCUT2D eigenvalue weighted by Crippen LogP contribution is -2.19. The second-order valence-electron chi connectivity index (χ2n) is 5.39. The van der Waals surface area contributed by atoms with Gasteiger partial charge in [-0.1, -0.05) is 41.4 Å². The number of carbonyl (C=O) groups excluding carboxylic acids is 1. The molecule has 0 aliphatic carbocycles. The highest BCUT2D eigenvalue weighted by atomic mass is 35.5. The average Bonchev–Trinajstić information content (AvgIpc) is 2.92. The Morgan fingerprint density at radius 2 is 1.88 bits per heavy atom. The van der Waals surface area contributed by atoms with Gasteiger partial charge in [-0.05, 0) is 53.2 Å². The fourth-order valence-electron chi connectivity index (χ4n) is 2.21. The molecule has 0 bridgehead atoms. The third-order valence-electron chi connectivity index (χ3n) is 3.41. The molecule has 0 aromatic heterocycles.